The molecule has 0 aliphatic heterocycles. The van der Waals surface area contributed by atoms with E-state index in [0.717, 1.165) is 24.8 Å². The molecule has 5 heteroatoms. The number of phenolic OH excluding ortho intramolecular Hbond substituents is 1. The predicted octanol–water partition coefficient (Wildman–Crippen LogP) is 2.55. The zero-order valence-corrected chi connectivity index (χ0v) is 13.1. The second kappa shape index (κ2) is 7.29. The van der Waals surface area contributed by atoms with Gasteiger partial charge in [-0.2, -0.15) is 0 Å². The average molecular weight is 305 g/mol. The van der Waals surface area contributed by atoms with Crippen molar-refractivity contribution in [3.05, 3.63) is 29.3 Å². The molecule has 0 radical (unpaired) electrons. The minimum absolute atomic E-state index is 0.0823. The lowest BCUT2D eigenvalue weighted by atomic mass is 9.86. The molecule has 1 aliphatic carbocycles. The summed E-state index contributed by atoms with van der Waals surface area (Å²) >= 11 is 0. The van der Waals surface area contributed by atoms with E-state index in [9.17, 15) is 14.7 Å². The fraction of sp³-hybridized carbons (Fsp3) is 0.529. The number of amides is 1. The maximum Gasteiger partial charge on any atom is 0.342 e. The van der Waals surface area contributed by atoms with Crippen molar-refractivity contribution in [1.29, 1.82) is 0 Å². The highest BCUT2D eigenvalue weighted by atomic mass is 16.5. The molecule has 0 spiro atoms. The Bertz CT molecular complexity index is 556. The van der Waals surface area contributed by atoms with Crippen LogP contribution < -0.4 is 5.32 Å². The van der Waals surface area contributed by atoms with E-state index in [4.69, 9.17) is 4.74 Å². The summed E-state index contributed by atoms with van der Waals surface area (Å²) < 4.78 is 4.99. The molecule has 1 fully saturated rings. The van der Waals surface area contributed by atoms with Gasteiger partial charge < -0.3 is 15.2 Å². The van der Waals surface area contributed by atoms with E-state index in [1.54, 1.807) is 12.1 Å². The molecule has 1 saturated carbocycles. The Balaban J connectivity index is 1.85. The maximum atomic E-state index is 11.9. The second-order valence-corrected chi connectivity index (χ2v) is 6.03. The lowest BCUT2D eigenvalue weighted by Crippen LogP contribution is -2.42. The molecular formula is C17H23NO4. The standard InChI is InChI=1S/C17H23NO4/c1-11-7-8-15(19)13(9-11)17(21)22-10-16(20)18-14-6-4-3-5-12(14)2/h7-9,12,14,19H,3-6,10H2,1-2H3,(H,18,20)/t12-,14+/m1/s1. The van der Waals surface area contributed by atoms with Gasteiger partial charge in [-0.15, -0.1) is 0 Å². The van der Waals surface area contributed by atoms with Crippen molar-refractivity contribution in [2.24, 2.45) is 5.92 Å². The minimum atomic E-state index is -0.687. The van der Waals surface area contributed by atoms with E-state index in [-0.39, 0.29) is 29.9 Å². The Morgan fingerprint density at radius 2 is 2.05 bits per heavy atom. The summed E-state index contributed by atoms with van der Waals surface area (Å²) in [4.78, 5) is 23.8. The number of hydrogen-bond donors (Lipinski definition) is 2. The average Bonchev–Trinajstić information content (AvgIpc) is 2.49. The van der Waals surface area contributed by atoms with Gasteiger partial charge in [-0.25, -0.2) is 4.79 Å². The van der Waals surface area contributed by atoms with Crippen molar-refractivity contribution in [2.45, 2.75) is 45.6 Å². The molecule has 1 aliphatic rings. The molecule has 2 atom stereocenters. The highest BCUT2D eigenvalue weighted by molar-refractivity contribution is 5.94. The number of carbonyl (C=O) groups is 2. The number of carbonyl (C=O) groups excluding carboxylic acids is 2. The summed E-state index contributed by atoms with van der Waals surface area (Å²) in [6.07, 6.45) is 4.41. The van der Waals surface area contributed by atoms with Crippen molar-refractivity contribution in [3.63, 3.8) is 0 Å². The summed E-state index contributed by atoms with van der Waals surface area (Å²) in [5, 5.41) is 12.6. The topological polar surface area (TPSA) is 75.6 Å². The van der Waals surface area contributed by atoms with E-state index < -0.39 is 5.97 Å². The molecule has 1 aromatic carbocycles. The number of benzene rings is 1. The van der Waals surface area contributed by atoms with Crippen LogP contribution in [0.25, 0.3) is 0 Å². The fourth-order valence-corrected chi connectivity index (χ4v) is 2.80. The first-order valence-electron chi connectivity index (χ1n) is 7.73. The van der Waals surface area contributed by atoms with Gasteiger partial charge in [0, 0.05) is 6.04 Å². The molecule has 2 N–H and O–H groups in total. The van der Waals surface area contributed by atoms with E-state index in [1.165, 1.54) is 12.5 Å². The third-order valence-corrected chi connectivity index (χ3v) is 4.16. The first-order valence-corrected chi connectivity index (χ1v) is 7.73. The number of rotatable bonds is 4. The number of phenols is 1. The van der Waals surface area contributed by atoms with E-state index in [1.807, 2.05) is 6.92 Å². The van der Waals surface area contributed by atoms with Crippen LogP contribution in [0.3, 0.4) is 0 Å². The Hall–Kier alpha value is -2.04. The van der Waals surface area contributed by atoms with Gasteiger partial charge in [0.25, 0.3) is 5.91 Å². The third-order valence-electron chi connectivity index (χ3n) is 4.16. The van der Waals surface area contributed by atoms with Gasteiger partial charge in [-0.05, 0) is 37.8 Å². The van der Waals surface area contributed by atoms with Crippen LogP contribution in [-0.2, 0) is 9.53 Å². The van der Waals surface area contributed by atoms with E-state index in [2.05, 4.69) is 12.2 Å². The summed E-state index contributed by atoms with van der Waals surface area (Å²) in [5.74, 6) is -0.668. The van der Waals surface area contributed by atoms with Gasteiger partial charge in [0.1, 0.15) is 11.3 Å². The quantitative estimate of drug-likeness (QED) is 0.838. The molecule has 2 rings (SSSR count). The number of aryl methyl sites for hydroxylation is 1. The number of aromatic hydroxyl groups is 1. The van der Waals surface area contributed by atoms with Crippen LogP contribution in [0.2, 0.25) is 0 Å². The van der Waals surface area contributed by atoms with Gasteiger partial charge in [0.2, 0.25) is 0 Å². The first-order chi connectivity index (χ1) is 10.5. The van der Waals surface area contributed by atoms with Crippen molar-refractivity contribution in [1.82, 2.24) is 5.32 Å². The molecule has 0 aromatic heterocycles. The normalized spacial score (nSPS) is 21.2. The molecule has 1 amide bonds. The lowest BCUT2D eigenvalue weighted by molar-refractivity contribution is -0.125. The van der Waals surface area contributed by atoms with Crippen LogP contribution in [0.15, 0.2) is 18.2 Å². The third kappa shape index (κ3) is 4.23. The number of ether oxygens (including phenoxy) is 1. The Labute approximate surface area is 130 Å². The number of esters is 1. The molecule has 0 heterocycles. The van der Waals surface area contributed by atoms with Crippen molar-refractivity contribution < 1.29 is 19.4 Å². The van der Waals surface area contributed by atoms with Gasteiger partial charge in [-0.1, -0.05) is 31.4 Å². The predicted molar refractivity (Wildman–Crippen MR) is 82.7 cm³/mol. The van der Waals surface area contributed by atoms with Crippen molar-refractivity contribution in [3.8, 4) is 5.75 Å². The Morgan fingerprint density at radius 1 is 1.32 bits per heavy atom. The van der Waals surface area contributed by atoms with Gasteiger partial charge in [0.05, 0.1) is 0 Å². The summed E-state index contributed by atoms with van der Waals surface area (Å²) in [7, 11) is 0. The number of nitrogens with one attached hydrogen (secondary N) is 1. The monoisotopic (exact) mass is 305 g/mol. The summed E-state index contributed by atoms with van der Waals surface area (Å²) in [6.45, 7) is 3.61. The van der Waals surface area contributed by atoms with Gasteiger partial charge in [0.15, 0.2) is 6.61 Å². The highest BCUT2D eigenvalue weighted by Gasteiger charge is 2.23. The maximum absolute atomic E-state index is 11.9. The first kappa shape index (κ1) is 16.3. The van der Waals surface area contributed by atoms with E-state index >= 15 is 0 Å². The summed E-state index contributed by atoms with van der Waals surface area (Å²) in [5.41, 5.74) is 0.920. The number of hydrogen-bond acceptors (Lipinski definition) is 4. The molecule has 1 aromatic rings. The van der Waals surface area contributed by atoms with Crippen LogP contribution in [0.5, 0.6) is 5.75 Å². The Morgan fingerprint density at radius 3 is 2.77 bits per heavy atom. The van der Waals surface area contributed by atoms with Crippen LogP contribution in [-0.4, -0.2) is 29.6 Å². The van der Waals surface area contributed by atoms with Crippen LogP contribution in [0.1, 0.15) is 48.5 Å². The molecule has 22 heavy (non-hydrogen) atoms. The van der Waals surface area contributed by atoms with Gasteiger partial charge >= 0.3 is 5.97 Å². The highest BCUT2D eigenvalue weighted by Crippen LogP contribution is 2.23. The largest absolute Gasteiger partial charge is 0.507 e. The lowest BCUT2D eigenvalue weighted by Gasteiger charge is -2.29. The fourth-order valence-electron chi connectivity index (χ4n) is 2.80. The van der Waals surface area contributed by atoms with Crippen LogP contribution in [0, 0.1) is 12.8 Å². The van der Waals surface area contributed by atoms with Crippen LogP contribution >= 0.6 is 0 Å². The molecule has 0 bridgehead atoms. The molecule has 0 saturated heterocycles. The zero-order chi connectivity index (χ0) is 16.1. The molecule has 0 unspecified atom stereocenters. The molecular weight excluding hydrogens is 282 g/mol. The molecule has 120 valence electrons. The SMILES string of the molecule is Cc1ccc(O)c(C(=O)OCC(=O)N[C@H]2CCCC[C@H]2C)c1. The van der Waals surface area contributed by atoms with Crippen molar-refractivity contribution in [2.75, 3.05) is 6.61 Å². The molecule has 5 nitrogen and oxygen atoms in total. The Kier molecular flexibility index (Phi) is 5.41. The van der Waals surface area contributed by atoms with Gasteiger partial charge in [-0.3, -0.25) is 4.79 Å². The van der Waals surface area contributed by atoms with Crippen molar-refractivity contribution >= 4 is 11.9 Å². The minimum Gasteiger partial charge on any atom is -0.507 e. The summed E-state index contributed by atoms with van der Waals surface area (Å²) in [6, 6.07) is 4.84. The second-order valence-electron chi connectivity index (χ2n) is 6.03. The smallest absolute Gasteiger partial charge is 0.342 e. The van der Waals surface area contributed by atoms with E-state index in [0.29, 0.717) is 5.92 Å². The zero-order valence-electron chi connectivity index (χ0n) is 13.1. The van der Waals surface area contributed by atoms with Crippen LogP contribution in [0.4, 0.5) is 0 Å².